The molecule has 0 bridgehead atoms. The number of hydrogen-bond acceptors (Lipinski definition) is 3. The summed E-state index contributed by atoms with van der Waals surface area (Å²) in [6.45, 7) is 0. The Balaban J connectivity index is 0.970. The molecule has 1 saturated carbocycles. The first-order valence-electron chi connectivity index (χ1n) is 19.8. The van der Waals surface area contributed by atoms with Crippen molar-refractivity contribution in [3.63, 3.8) is 0 Å². The van der Waals surface area contributed by atoms with Crippen LogP contribution in [0.15, 0.2) is 182 Å². The van der Waals surface area contributed by atoms with Crippen molar-refractivity contribution in [2.45, 2.75) is 31.6 Å². The van der Waals surface area contributed by atoms with Crippen LogP contribution < -0.4 is 4.90 Å². The molecule has 3 heteroatoms. The lowest BCUT2D eigenvalue weighted by Gasteiger charge is -2.26. The molecule has 0 spiro atoms. The highest BCUT2D eigenvalue weighted by atomic mass is 32.1. The average molecular weight is 754 g/mol. The van der Waals surface area contributed by atoms with Crippen molar-refractivity contribution in [1.29, 1.82) is 0 Å². The summed E-state index contributed by atoms with van der Waals surface area (Å²) in [5.41, 5.74) is 12.4. The first-order chi connectivity index (χ1) is 27.7. The number of hydrogen-bond donors (Lipinski definition) is 0. The molecule has 2 aromatic heterocycles. The van der Waals surface area contributed by atoms with Gasteiger partial charge < -0.3 is 4.90 Å². The second-order valence-electron chi connectivity index (χ2n) is 15.1. The third-order valence-corrected chi connectivity index (χ3v) is 14.3. The number of fused-ring (bicyclic) bond motifs is 6. The van der Waals surface area contributed by atoms with Gasteiger partial charge in [0.25, 0.3) is 0 Å². The Kier molecular flexibility index (Phi) is 8.30. The van der Waals surface area contributed by atoms with Crippen LogP contribution in [-0.4, -0.2) is 0 Å². The van der Waals surface area contributed by atoms with Crippen LogP contribution in [0.25, 0.3) is 73.7 Å². The zero-order valence-electron chi connectivity index (χ0n) is 31.0. The molecule has 2 heterocycles. The molecule has 56 heavy (non-hydrogen) atoms. The van der Waals surface area contributed by atoms with Gasteiger partial charge in [-0.05, 0) is 106 Å². The standard InChI is InChI=1S/C53H39NS2/c1-2-10-35(9-1)36-19-21-37(22-20-36)38-23-29-41(30-24-38)54(42-31-25-39(26-32-42)44-13-7-15-48-46-11-3-5-17-50(46)55-52(44)48)43-33-27-40(28-34-43)45-14-8-16-49-47-12-4-6-18-51(47)56-53(45)49/h3-8,11-35H,1-2,9-10H2. The van der Waals surface area contributed by atoms with E-state index in [0.29, 0.717) is 0 Å². The van der Waals surface area contributed by atoms with Crippen molar-refractivity contribution in [1.82, 2.24) is 0 Å². The molecule has 1 aliphatic carbocycles. The van der Waals surface area contributed by atoms with Crippen LogP contribution in [0.4, 0.5) is 17.1 Å². The first-order valence-corrected chi connectivity index (χ1v) is 21.4. The maximum absolute atomic E-state index is 2.39. The molecular weight excluding hydrogens is 715 g/mol. The van der Waals surface area contributed by atoms with Gasteiger partial charge in [0.05, 0.1) is 0 Å². The van der Waals surface area contributed by atoms with Crippen LogP contribution in [0, 0.1) is 0 Å². The van der Waals surface area contributed by atoms with E-state index in [1.807, 2.05) is 22.7 Å². The van der Waals surface area contributed by atoms with E-state index in [0.717, 1.165) is 23.0 Å². The lowest BCUT2D eigenvalue weighted by Crippen LogP contribution is -2.09. The largest absolute Gasteiger partial charge is 0.311 e. The molecule has 10 aromatic rings. The second kappa shape index (κ2) is 13.9. The normalized spacial score (nSPS) is 13.4. The fourth-order valence-electron chi connectivity index (χ4n) is 8.99. The summed E-state index contributed by atoms with van der Waals surface area (Å²) in [7, 11) is 0. The highest BCUT2D eigenvalue weighted by molar-refractivity contribution is 7.26. The Morgan fingerprint density at radius 1 is 0.357 bits per heavy atom. The van der Waals surface area contributed by atoms with E-state index < -0.39 is 0 Å². The number of benzene rings is 8. The minimum absolute atomic E-state index is 0.730. The van der Waals surface area contributed by atoms with Crippen molar-refractivity contribution in [3.05, 3.63) is 188 Å². The van der Waals surface area contributed by atoms with Crippen LogP contribution in [-0.2, 0) is 0 Å². The number of rotatable bonds is 7. The van der Waals surface area contributed by atoms with Crippen LogP contribution in [0.5, 0.6) is 0 Å². The van der Waals surface area contributed by atoms with Crippen LogP contribution in [0.1, 0.15) is 37.2 Å². The summed E-state index contributed by atoms with van der Waals surface area (Å²) in [6.07, 6.45) is 5.38. The Bertz CT molecular complexity index is 2840. The van der Waals surface area contributed by atoms with Crippen molar-refractivity contribution in [3.8, 4) is 33.4 Å². The molecule has 0 unspecified atom stereocenters. The summed E-state index contributed by atoms with van der Waals surface area (Å²) < 4.78 is 5.35. The van der Waals surface area contributed by atoms with Crippen LogP contribution in [0.2, 0.25) is 0 Å². The summed E-state index contributed by atoms with van der Waals surface area (Å²) in [4.78, 5) is 2.39. The van der Waals surface area contributed by atoms with Gasteiger partial charge in [-0.15, -0.1) is 22.7 Å². The molecule has 0 amide bonds. The van der Waals surface area contributed by atoms with Crippen LogP contribution >= 0.6 is 22.7 Å². The zero-order valence-corrected chi connectivity index (χ0v) is 32.6. The summed E-state index contributed by atoms with van der Waals surface area (Å²) in [5.74, 6) is 0.730. The number of thiophene rings is 2. The van der Waals surface area contributed by atoms with Gasteiger partial charge in [0, 0.05) is 57.4 Å². The predicted octanol–water partition coefficient (Wildman–Crippen LogP) is 16.6. The van der Waals surface area contributed by atoms with Crippen LogP contribution in [0.3, 0.4) is 0 Å². The van der Waals surface area contributed by atoms with Crippen molar-refractivity contribution >= 4 is 80.1 Å². The summed E-state index contributed by atoms with van der Waals surface area (Å²) in [6, 6.07) is 67.6. The fraction of sp³-hybridized carbons (Fsp3) is 0.0943. The van der Waals surface area contributed by atoms with E-state index in [9.17, 15) is 0 Å². The van der Waals surface area contributed by atoms with E-state index in [2.05, 4.69) is 187 Å². The molecule has 0 N–H and O–H groups in total. The zero-order chi connectivity index (χ0) is 37.0. The summed E-state index contributed by atoms with van der Waals surface area (Å²) in [5, 5.41) is 5.32. The molecule has 0 saturated heterocycles. The van der Waals surface area contributed by atoms with Crippen molar-refractivity contribution in [2.75, 3.05) is 4.90 Å². The molecule has 0 aliphatic heterocycles. The quantitative estimate of drug-likeness (QED) is 0.157. The highest BCUT2D eigenvalue weighted by Gasteiger charge is 2.18. The third-order valence-electron chi connectivity index (χ3n) is 11.9. The summed E-state index contributed by atoms with van der Waals surface area (Å²) >= 11 is 3.77. The van der Waals surface area contributed by atoms with Gasteiger partial charge >= 0.3 is 0 Å². The van der Waals surface area contributed by atoms with E-state index in [4.69, 9.17) is 0 Å². The molecule has 0 radical (unpaired) electrons. The Labute approximate surface area is 335 Å². The Hall–Kier alpha value is -6.00. The van der Waals surface area contributed by atoms with E-state index in [1.165, 1.54) is 105 Å². The Morgan fingerprint density at radius 3 is 1.21 bits per heavy atom. The average Bonchev–Trinajstić information content (AvgIpc) is 4.03. The first kappa shape index (κ1) is 33.3. The molecule has 1 aliphatic rings. The predicted molar refractivity (Wildman–Crippen MR) is 244 cm³/mol. The third kappa shape index (κ3) is 5.82. The molecule has 1 fully saturated rings. The van der Waals surface area contributed by atoms with Gasteiger partial charge in [-0.2, -0.15) is 0 Å². The topological polar surface area (TPSA) is 3.24 Å². The Morgan fingerprint density at radius 2 is 0.750 bits per heavy atom. The van der Waals surface area contributed by atoms with Gasteiger partial charge in [-0.25, -0.2) is 0 Å². The monoisotopic (exact) mass is 753 g/mol. The molecule has 8 aromatic carbocycles. The maximum Gasteiger partial charge on any atom is 0.0462 e. The van der Waals surface area contributed by atoms with E-state index in [-0.39, 0.29) is 0 Å². The molecule has 11 rings (SSSR count). The fourth-order valence-corrected chi connectivity index (χ4v) is 11.5. The molecule has 268 valence electrons. The van der Waals surface area contributed by atoms with Crippen molar-refractivity contribution < 1.29 is 0 Å². The van der Waals surface area contributed by atoms with E-state index >= 15 is 0 Å². The molecular formula is C53H39NS2. The smallest absolute Gasteiger partial charge is 0.0462 e. The minimum Gasteiger partial charge on any atom is -0.311 e. The number of nitrogens with zero attached hydrogens (tertiary/aromatic N) is 1. The van der Waals surface area contributed by atoms with Gasteiger partial charge in [0.2, 0.25) is 0 Å². The van der Waals surface area contributed by atoms with Gasteiger partial charge in [-0.3, -0.25) is 0 Å². The van der Waals surface area contributed by atoms with E-state index in [1.54, 1.807) is 0 Å². The molecule has 0 atom stereocenters. The minimum atomic E-state index is 0.730. The SMILES string of the molecule is c1ccc2c(c1)sc1c(-c3ccc(N(c4ccc(-c5ccc(C6CCCC6)cc5)cc4)c4ccc(-c5cccc6c5sc5ccccc56)cc4)cc3)cccc12. The lowest BCUT2D eigenvalue weighted by atomic mass is 9.95. The van der Waals surface area contributed by atoms with Gasteiger partial charge in [-0.1, -0.05) is 146 Å². The van der Waals surface area contributed by atoms with Crippen molar-refractivity contribution in [2.24, 2.45) is 0 Å². The highest BCUT2D eigenvalue weighted by Crippen LogP contribution is 2.44. The van der Waals surface area contributed by atoms with Gasteiger partial charge in [0.15, 0.2) is 0 Å². The lowest BCUT2D eigenvalue weighted by molar-refractivity contribution is 0.723. The maximum atomic E-state index is 2.39. The second-order valence-corrected chi connectivity index (χ2v) is 17.2. The van der Waals surface area contributed by atoms with Gasteiger partial charge in [0.1, 0.15) is 0 Å². The number of anilines is 3. The molecule has 1 nitrogen and oxygen atoms in total.